The van der Waals surface area contributed by atoms with Crippen LogP contribution in [0.25, 0.3) is 22.3 Å². The molecule has 3 aromatic rings. The highest BCUT2D eigenvalue weighted by molar-refractivity contribution is 5.91. The van der Waals surface area contributed by atoms with Crippen molar-refractivity contribution in [2.45, 2.75) is 18.9 Å². The summed E-state index contributed by atoms with van der Waals surface area (Å²) >= 11 is 0. The summed E-state index contributed by atoms with van der Waals surface area (Å²) in [6, 6.07) is 18.5. The summed E-state index contributed by atoms with van der Waals surface area (Å²) in [6.07, 6.45) is 2.04. The lowest BCUT2D eigenvalue weighted by molar-refractivity contribution is -0.138. The number of aromatic nitrogens is 2. The molecule has 3 aliphatic heterocycles. The molecule has 136 valence electrons. The Morgan fingerprint density at radius 1 is 0.926 bits per heavy atom. The van der Waals surface area contributed by atoms with Crippen molar-refractivity contribution in [1.29, 1.82) is 0 Å². The molecule has 4 heterocycles. The van der Waals surface area contributed by atoms with E-state index in [1.54, 1.807) is 0 Å². The Bertz CT molecular complexity index is 1000. The van der Waals surface area contributed by atoms with Gasteiger partial charge >= 0.3 is 0 Å². The van der Waals surface area contributed by atoms with E-state index in [2.05, 4.69) is 11.0 Å². The van der Waals surface area contributed by atoms with Crippen LogP contribution in [-0.2, 0) is 4.79 Å². The van der Waals surface area contributed by atoms with Crippen molar-refractivity contribution in [2.75, 3.05) is 25.0 Å². The summed E-state index contributed by atoms with van der Waals surface area (Å²) < 4.78 is 0. The Morgan fingerprint density at radius 2 is 1.70 bits per heavy atom. The third-order valence-corrected chi connectivity index (χ3v) is 5.88. The highest BCUT2D eigenvalue weighted by Gasteiger charge is 2.39. The number of piperidine rings is 1. The SMILES string of the molecule is CN1C(=O)[C@H]2CC[C@@H]1CN(c1nc(-c3ccccc3)nc3ccccc13)C2. The summed E-state index contributed by atoms with van der Waals surface area (Å²) in [4.78, 5) is 26.6. The molecule has 3 aliphatic rings. The molecular formula is C22H22N4O. The standard InChI is InChI=1S/C22H22N4O/c1-25-17-12-11-16(22(25)27)13-26(14-17)21-18-9-5-6-10-19(18)23-20(24-21)15-7-3-2-4-8-15/h2-10,16-17H,11-14H2,1H3/t16-,17+/m0/s1. The van der Waals surface area contributed by atoms with Crippen molar-refractivity contribution in [2.24, 2.45) is 5.92 Å². The summed E-state index contributed by atoms with van der Waals surface area (Å²) in [5.74, 6) is 2.01. The van der Waals surface area contributed by atoms with Gasteiger partial charge in [0, 0.05) is 37.1 Å². The van der Waals surface area contributed by atoms with Gasteiger partial charge in [-0.15, -0.1) is 0 Å². The van der Waals surface area contributed by atoms with E-state index in [0.29, 0.717) is 0 Å². The third kappa shape index (κ3) is 2.74. The van der Waals surface area contributed by atoms with E-state index >= 15 is 0 Å². The molecule has 0 saturated carbocycles. The van der Waals surface area contributed by atoms with Crippen molar-refractivity contribution < 1.29 is 4.79 Å². The number of likely N-dealkylation sites (N-methyl/N-ethyl adjacent to an activating group) is 1. The molecule has 6 rings (SSSR count). The highest BCUT2D eigenvalue weighted by atomic mass is 16.2. The van der Waals surface area contributed by atoms with Gasteiger partial charge in [-0.2, -0.15) is 0 Å². The average Bonchev–Trinajstić information content (AvgIpc) is 3.01. The largest absolute Gasteiger partial charge is 0.353 e. The number of fused-ring (bicyclic) bond motifs is 5. The molecule has 0 unspecified atom stereocenters. The molecule has 1 aromatic heterocycles. The van der Waals surface area contributed by atoms with Crippen molar-refractivity contribution >= 4 is 22.6 Å². The van der Waals surface area contributed by atoms with E-state index in [9.17, 15) is 4.79 Å². The minimum atomic E-state index is 0.0580. The van der Waals surface area contributed by atoms with Gasteiger partial charge in [0.1, 0.15) is 5.82 Å². The molecule has 2 bridgehead atoms. The van der Waals surface area contributed by atoms with E-state index in [0.717, 1.165) is 54.0 Å². The van der Waals surface area contributed by atoms with Gasteiger partial charge in [-0.25, -0.2) is 9.97 Å². The van der Waals surface area contributed by atoms with E-state index < -0.39 is 0 Å². The quantitative estimate of drug-likeness (QED) is 0.705. The van der Waals surface area contributed by atoms with E-state index in [1.165, 1.54) is 0 Å². The molecule has 2 aromatic carbocycles. The molecule has 5 heteroatoms. The molecule has 5 nitrogen and oxygen atoms in total. The molecule has 27 heavy (non-hydrogen) atoms. The van der Waals surface area contributed by atoms with Crippen LogP contribution in [0, 0.1) is 5.92 Å². The van der Waals surface area contributed by atoms with Crippen LogP contribution >= 0.6 is 0 Å². The monoisotopic (exact) mass is 358 g/mol. The number of rotatable bonds is 2. The number of para-hydroxylation sites is 1. The number of carbonyl (C=O) groups excluding carboxylic acids is 1. The number of hydrogen-bond acceptors (Lipinski definition) is 4. The maximum Gasteiger partial charge on any atom is 0.227 e. The lowest BCUT2D eigenvalue weighted by Crippen LogP contribution is -2.45. The molecule has 0 spiro atoms. The lowest BCUT2D eigenvalue weighted by Gasteiger charge is -2.32. The van der Waals surface area contributed by atoms with Crippen LogP contribution in [0.2, 0.25) is 0 Å². The van der Waals surface area contributed by atoms with Crippen LogP contribution in [0.4, 0.5) is 5.82 Å². The third-order valence-electron chi connectivity index (χ3n) is 5.88. The minimum absolute atomic E-state index is 0.0580. The summed E-state index contributed by atoms with van der Waals surface area (Å²) in [7, 11) is 1.94. The number of anilines is 1. The van der Waals surface area contributed by atoms with Crippen molar-refractivity contribution in [3.8, 4) is 11.4 Å². The molecule has 0 aliphatic carbocycles. The van der Waals surface area contributed by atoms with Gasteiger partial charge in [-0.05, 0) is 25.0 Å². The zero-order valence-electron chi connectivity index (χ0n) is 15.4. The van der Waals surface area contributed by atoms with Crippen molar-refractivity contribution in [3.63, 3.8) is 0 Å². The van der Waals surface area contributed by atoms with Gasteiger partial charge < -0.3 is 9.80 Å². The zero-order chi connectivity index (χ0) is 18.4. The maximum atomic E-state index is 12.6. The minimum Gasteiger partial charge on any atom is -0.353 e. The number of amides is 1. The number of benzene rings is 2. The maximum absolute atomic E-state index is 12.6. The topological polar surface area (TPSA) is 49.3 Å². The van der Waals surface area contributed by atoms with Crippen molar-refractivity contribution in [1.82, 2.24) is 14.9 Å². The Balaban J connectivity index is 1.65. The van der Waals surface area contributed by atoms with E-state index in [4.69, 9.17) is 9.97 Å². The lowest BCUT2D eigenvalue weighted by atomic mass is 9.95. The fourth-order valence-electron chi connectivity index (χ4n) is 4.35. The van der Waals surface area contributed by atoms with Gasteiger partial charge in [0.05, 0.1) is 11.4 Å². The number of carbonyl (C=O) groups is 1. The van der Waals surface area contributed by atoms with E-state index in [1.807, 2.05) is 60.5 Å². The predicted molar refractivity (Wildman–Crippen MR) is 106 cm³/mol. The van der Waals surface area contributed by atoms with Crippen LogP contribution in [0.5, 0.6) is 0 Å². The first kappa shape index (κ1) is 16.2. The second-order valence-corrected chi connectivity index (χ2v) is 7.54. The second-order valence-electron chi connectivity index (χ2n) is 7.54. The van der Waals surface area contributed by atoms with Gasteiger partial charge in [0.15, 0.2) is 5.82 Å². The molecule has 0 radical (unpaired) electrons. The molecule has 1 amide bonds. The molecule has 2 atom stereocenters. The first-order chi connectivity index (χ1) is 13.2. The van der Waals surface area contributed by atoms with E-state index in [-0.39, 0.29) is 17.9 Å². The Labute approximate surface area is 158 Å². The molecular weight excluding hydrogens is 336 g/mol. The predicted octanol–water partition coefficient (Wildman–Crippen LogP) is 3.35. The van der Waals surface area contributed by atoms with Crippen LogP contribution < -0.4 is 4.90 Å². The second kappa shape index (κ2) is 6.34. The van der Waals surface area contributed by atoms with Gasteiger partial charge in [0.2, 0.25) is 5.91 Å². The molecule has 3 fully saturated rings. The smallest absolute Gasteiger partial charge is 0.227 e. The van der Waals surface area contributed by atoms with Gasteiger partial charge in [0.25, 0.3) is 0 Å². The summed E-state index contributed by atoms with van der Waals surface area (Å²) in [6.45, 7) is 1.56. The summed E-state index contributed by atoms with van der Waals surface area (Å²) in [5, 5.41) is 1.05. The van der Waals surface area contributed by atoms with Crippen LogP contribution in [0.1, 0.15) is 12.8 Å². The first-order valence-corrected chi connectivity index (χ1v) is 9.54. The van der Waals surface area contributed by atoms with Crippen LogP contribution in [0.15, 0.2) is 54.6 Å². The summed E-state index contributed by atoms with van der Waals surface area (Å²) in [5.41, 5.74) is 1.95. The van der Waals surface area contributed by atoms with Gasteiger partial charge in [-0.3, -0.25) is 4.79 Å². The fourth-order valence-corrected chi connectivity index (χ4v) is 4.35. The Morgan fingerprint density at radius 3 is 2.56 bits per heavy atom. The Hall–Kier alpha value is -2.95. The average molecular weight is 358 g/mol. The van der Waals surface area contributed by atoms with Gasteiger partial charge in [-0.1, -0.05) is 42.5 Å². The normalized spacial score (nSPS) is 22.3. The zero-order valence-corrected chi connectivity index (χ0v) is 15.4. The van der Waals surface area contributed by atoms with Crippen LogP contribution in [-0.4, -0.2) is 47.0 Å². The fraction of sp³-hybridized carbons (Fsp3) is 0.318. The van der Waals surface area contributed by atoms with Crippen LogP contribution in [0.3, 0.4) is 0 Å². The number of nitrogens with zero attached hydrogens (tertiary/aromatic N) is 4. The highest BCUT2D eigenvalue weighted by Crippen LogP contribution is 2.34. The van der Waals surface area contributed by atoms with Crippen molar-refractivity contribution in [3.05, 3.63) is 54.6 Å². The Kier molecular flexibility index (Phi) is 3.81. The molecule has 0 N–H and O–H groups in total. The molecule has 3 saturated heterocycles. The number of hydrogen-bond donors (Lipinski definition) is 0. The first-order valence-electron chi connectivity index (χ1n) is 9.54.